The van der Waals surface area contributed by atoms with Gasteiger partial charge in [0.05, 0.1) is 12.7 Å². The van der Waals surface area contributed by atoms with E-state index in [1.54, 1.807) is 4.68 Å². The molecule has 0 fully saturated rings. The summed E-state index contributed by atoms with van der Waals surface area (Å²) in [6.45, 7) is 5.56. The van der Waals surface area contributed by atoms with Gasteiger partial charge in [0.1, 0.15) is 10.7 Å². The van der Waals surface area contributed by atoms with Crippen LogP contribution in [-0.4, -0.2) is 37.8 Å². The van der Waals surface area contributed by atoms with Crippen LogP contribution in [0.15, 0.2) is 17.2 Å². The summed E-state index contributed by atoms with van der Waals surface area (Å²) in [5, 5.41) is 7.17. The van der Waals surface area contributed by atoms with Gasteiger partial charge in [-0.15, -0.1) is 0 Å². The summed E-state index contributed by atoms with van der Waals surface area (Å²) in [4.78, 5) is 14.8. The lowest BCUT2D eigenvalue weighted by molar-refractivity contribution is 0.256. The van der Waals surface area contributed by atoms with Crippen LogP contribution >= 0.6 is 0 Å². The van der Waals surface area contributed by atoms with Crippen molar-refractivity contribution in [2.75, 3.05) is 23.8 Å². The highest BCUT2D eigenvalue weighted by molar-refractivity contribution is 7.90. The summed E-state index contributed by atoms with van der Waals surface area (Å²) < 4.78 is 30.1. The third-order valence-corrected chi connectivity index (χ3v) is 7.93. The Morgan fingerprint density at radius 1 is 1.06 bits per heavy atom. The molecule has 3 aliphatic rings. The topological polar surface area (TPSA) is 96.3 Å². The summed E-state index contributed by atoms with van der Waals surface area (Å²) in [6, 6.07) is 1.56. The summed E-state index contributed by atoms with van der Waals surface area (Å²) >= 11 is 0. The molecule has 2 N–H and O–H groups in total. The van der Waals surface area contributed by atoms with E-state index in [9.17, 15) is 13.2 Å². The Labute approximate surface area is 183 Å². The normalized spacial score (nSPS) is 19.0. The van der Waals surface area contributed by atoms with E-state index in [1.165, 1.54) is 17.3 Å². The number of carbonyl (C=O) groups excluding carboxylic acids is 1. The Morgan fingerprint density at radius 3 is 2.35 bits per heavy atom. The Kier molecular flexibility index (Phi) is 4.58. The Morgan fingerprint density at radius 2 is 1.71 bits per heavy atom. The number of nitrogens with one attached hydrogen (secondary N) is 2. The lowest BCUT2D eigenvalue weighted by Crippen LogP contribution is -2.42. The molecule has 2 heterocycles. The van der Waals surface area contributed by atoms with Crippen molar-refractivity contribution < 1.29 is 13.2 Å². The quantitative estimate of drug-likeness (QED) is 0.760. The number of carbonyl (C=O) groups is 1. The second-order valence-corrected chi connectivity index (χ2v) is 11.5. The lowest BCUT2D eigenvalue weighted by atomic mass is 9.91. The van der Waals surface area contributed by atoms with Crippen molar-refractivity contribution in [1.82, 2.24) is 14.5 Å². The van der Waals surface area contributed by atoms with Gasteiger partial charge < -0.3 is 10.2 Å². The zero-order valence-corrected chi connectivity index (χ0v) is 19.1. The first-order valence-electron chi connectivity index (χ1n) is 10.9. The minimum Gasteiger partial charge on any atom is -0.358 e. The number of hydrogen-bond acceptors (Lipinski definition) is 5. The van der Waals surface area contributed by atoms with Crippen LogP contribution in [0, 0.1) is 5.41 Å². The molecule has 1 aliphatic heterocycles. The number of nitrogens with zero attached hydrogens (tertiary/aromatic N) is 3. The van der Waals surface area contributed by atoms with Gasteiger partial charge in [0.15, 0.2) is 0 Å². The van der Waals surface area contributed by atoms with Gasteiger partial charge in [0.2, 0.25) is 0 Å². The molecule has 1 aromatic carbocycles. The molecule has 0 atom stereocenters. The number of aromatic nitrogens is 2. The number of urea groups is 1. The molecular weight excluding hydrogens is 414 g/mol. The number of benzene rings is 1. The predicted molar refractivity (Wildman–Crippen MR) is 119 cm³/mol. The van der Waals surface area contributed by atoms with Crippen LogP contribution in [-0.2, 0) is 42.3 Å². The van der Waals surface area contributed by atoms with Gasteiger partial charge in [-0.2, -0.15) is 5.10 Å². The maximum Gasteiger partial charge on any atom is 0.333 e. The zero-order valence-electron chi connectivity index (χ0n) is 18.3. The number of fused-ring (bicyclic) bond motifs is 3. The van der Waals surface area contributed by atoms with E-state index in [0.29, 0.717) is 18.9 Å². The van der Waals surface area contributed by atoms with Gasteiger partial charge in [-0.3, -0.25) is 0 Å². The molecular formula is C22H29N5O3S. The lowest BCUT2D eigenvalue weighted by Gasteiger charge is -2.37. The van der Waals surface area contributed by atoms with E-state index in [4.69, 9.17) is 0 Å². The Balaban J connectivity index is 1.41. The van der Waals surface area contributed by atoms with Crippen LogP contribution in [0.4, 0.5) is 16.3 Å². The second-order valence-electron chi connectivity index (χ2n) is 9.80. The summed E-state index contributed by atoms with van der Waals surface area (Å²) in [6.07, 6.45) is 7.34. The highest BCUT2D eigenvalue weighted by Crippen LogP contribution is 2.39. The molecule has 9 heteroatoms. The fourth-order valence-electron chi connectivity index (χ4n) is 5.51. The van der Waals surface area contributed by atoms with Gasteiger partial charge in [-0.25, -0.2) is 22.6 Å². The van der Waals surface area contributed by atoms with Crippen molar-refractivity contribution in [2.24, 2.45) is 5.41 Å². The molecule has 1 aromatic heterocycles. The molecule has 0 bridgehead atoms. The fraction of sp³-hybridized carbons (Fsp3) is 0.545. The largest absolute Gasteiger partial charge is 0.358 e. The highest BCUT2D eigenvalue weighted by Gasteiger charge is 2.35. The molecule has 0 saturated carbocycles. The molecule has 0 spiro atoms. The van der Waals surface area contributed by atoms with E-state index < -0.39 is 16.1 Å². The number of anilines is 2. The third-order valence-electron chi connectivity index (χ3n) is 6.61. The van der Waals surface area contributed by atoms with Gasteiger partial charge in [-0.05, 0) is 60.8 Å². The van der Waals surface area contributed by atoms with Gasteiger partial charge in [0, 0.05) is 24.7 Å². The van der Waals surface area contributed by atoms with Crippen LogP contribution in [0.2, 0.25) is 0 Å². The minimum absolute atomic E-state index is 0.0202. The van der Waals surface area contributed by atoms with Crippen molar-refractivity contribution in [3.8, 4) is 0 Å². The number of hydrogen-bond donors (Lipinski definition) is 2. The first-order valence-corrected chi connectivity index (χ1v) is 12.4. The molecule has 166 valence electrons. The van der Waals surface area contributed by atoms with Crippen molar-refractivity contribution in [3.05, 3.63) is 34.5 Å². The summed E-state index contributed by atoms with van der Waals surface area (Å²) in [5.74, 6) is 0.515. The molecule has 5 rings (SSSR count). The first-order chi connectivity index (χ1) is 14.6. The molecule has 2 amide bonds. The van der Waals surface area contributed by atoms with Crippen molar-refractivity contribution in [3.63, 3.8) is 0 Å². The molecule has 2 aliphatic carbocycles. The van der Waals surface area contributed by atoms with Crippen LogP contribution < -0.4 is 14.9 Å². The van der Waals surface area contributed by atoms with Crippen molar-refractivity contribution in [2.45, 2.75) is 63.8 Å². The molecule has 31 heavy (non-hydrogen) atoms. The van der Waals surface area contributed by atoms with Gasteiger partial charge >= 0.3 is 6.03 Å². The van der Waals surface area contributed by atoms with Crippen LogP contribution in [0.25, 0.3) is 0 Å². The Hall–Kier alpha value is -2.55. The van der Waals surface area contributed by atoms with E-state index in [1.807, 2.05) is 11.9 Å². The summed E-state index contributed by atoms with van der Waals surface area (Å²) in [7, 11) is -2.21. The van der Waals surface area contributed by atoms with Crippen LogP contribution in [0.3, 0.4) is 0 Å². The smallest absolute Gasteiger partial charge is 0.333 e. The maximum atomic E-state index is 13.1. The number of aryl methyl sites for hydroxylation is 2. The fourth-order valence-corrected chi connectivity index (χ4v) is 6.60. The monoisotopic (exact) mass is 443 g/mol. The predicted octanol–water partition coefficient (Wildman–Crippen LogP) is 2.85. The van der Waals surface area contributed by atoms with E-state index in [0.717, 1.165) is 55.3 Å². The molecule has 8 nitrogen and oxygen atoms in total. The first kappa shape index (κ1) is 20.4. The average molecular weight is 444 g/mol. The standard InChI is InChI=1S/C22H29N5O3S/c1-22(2)12-26(3)20-18(11-23-27(20)13-22)31(29,30)25-21(28)24-19-16-8-4-6-14(16)10-15-7-5-9-17(15)19/h10-11H,4-9,12-13H2,1-3H3,(H2,24,25,28). The van der Waals surface area contributed by atoms with Crippen molar-refractivity contribution >= 4 is 27.6 Å². The SMILES string of the molecule is CN1CC(C)(C)Cn2ncc(S(=O)(=O)NC(=O)Nc3c4c(cc5c3CCC5)CCC4)c21. The average Bonchev–Trinajstić information content (AvgIpc) is 3.38. The molecule has 0 saturated heterocycles. The van der Waals surface area contributed by atoms with Crippen LogP contribution in [0.1, 0.15) is 48.9 Å². The van der Waals surface area contributed by atoms with E-state index in [-0.39, 0.29) is 10.3 Å². The third kappa shape index (κ3) is 3.48. The number of amides is 2. The van der Waals surface area contributed by atoms with Crippen molar-refractivity contribution in [1.29, 1.82) is 0 Å². The number of sulfonamides is 1. The van der Waals surface area contributed by atoms with Gasteiger partial charge in [-0.1, -0.05) is 19.9 Å². The summed E-state index contributed by atoms with van der Waals surface area (Å²) in [5.41, 5.74) is 5.71. The molecule has 0 unspecified atom stereocenters. The Bertz CT molecular complexity index is 1150. The van der Waals surface area contributed by atoms with Gasteiger partial charge in [0.25, 0.3) is 10.0 Å². The maximum absolute atomic E-state index is 13.1. The molecule has 2 aromatic rings. The van der Waals surface area contributed by atoms with E-state index in [2.05, 4.69) is 35.1 Å². The molecule has 0 radical (unpaired) electrons. The van der Waals surface area contributed by atoms with Crippen LogP contribution in [0.5, 0.6) is 0 Å². The second kappa shape index (κ2) is 6.98. The van der Waals surface area contributed by atoms with E-state index >= 15 is 0 Å². The number of rotatable bonds is 3. The minimum atomic E-state index is -4.06. The highest BCUT2D eigenvalue weighted by atomic mass is 32.2. The zero-order chi connectivity index (χ0) is 22.0.